The first kappa shape index (κ1) is 22.0. The Morgan fingerprint density at radius 2 is 1.75 bits per heavy atom. The van der Waals surface area contributed by atoms with Gasteiger partial charge in [0.1, 0.15) is 11.4 Å². The highest BCUT2D eigenvalue weighted by atomic mass is 19.4. The first-order valence-corrected chi connectivity index (χ1v) is 8.87. The molecular weight excluding hydrogens is 380 g/mol. The molecule has 0 aliphatic heterocycles. The zero-order chi connectivity index (χ0) is 21.3. The summed E-state index contributed by atoms with van der Waals surface area (Å²) in [6.07, 6.45) is -3.94. The third-order valence-corrected chi connectivity index (χ3v) is 4.41. The predicted molar refractivity (Wildman–Crippen MR) is 94.2 cm³/mol. The zero-order valence-corrected chi connectivity index (χ0v) is 16.2. The van der Waals surface area contributed by atoms with Gasteiger partial charge in [0, 0.05) is 12.1 Å². The molecule has 0 radical (unpaired) electrons. The molecule has 1 fully saturated rings. The van der Waals surface area contributed by atoms with Crippen molar-refractivity contribution in [3.05, 3.63) is 35.1 Å². The van der Waals surface area contributed by atoms with Crippen molar-refractivity contribution >= 4 is 12.0 Å². The number of amides is 2. The molecule has 1 atom stereocenters. The van der Waals surface area contributed by atoms with Crippen LogP contribution in [0.15, 0.2) is 18.2 Å². The van der Waals surface area contributed by atoms with Crippen molar-refractivity contribution in [3.8, 4) is 0 Å². The number of alkyl halides is 3. The Bertz CT molecular complexity index is 755. The minimum Gasteiger partial charge on any atom is -0.444 e. The van der Waals surface area contributed by atoms with Crippen molar-refractivity contribution in [3.63, 3.8) is 0 Å². The summed E-state index contributed by atoms with van der Waals surface area (Å²) in [4.78, 5) is 24.4. The highest BCUT2D eigenvalue weighted by Crippen LogP contribution is 2.39. The third-order valence-electron chi connectivity index (χ3n) is 4.41. The molecular formula is C19H24F4N2O3. The molecule has 0 saturated heterocycles. The van der Waals surface area contributed by atoms with Crippen LogP contribution in [-0.4, -0.2) is 29.7 Å². The normalized spacial score (nSPS) is 16.9. The van der Waals surface area contributed by atoms with Gasteiger partial charge >= 0.3 is 12.3 Å². The summed E-state index contributed by atoms with van der Waals surface area (Å²) in [5.41, 5.74) is -3.37. The molecule has 0 bridgehead atoms. The number of benzene rings is 1. The minimum atomic E-state index is -4.90. The van der Waals surface area contributed by atoms with E-state index in [2.05, 4.69) is 10.6 Å². The summed E-state index contributed by atoms with van der Waals surface area (Å²) in [7, 11) is 0. The van der Waals surface area contributed by atoms with Crippen LogP contribution in [0.2, 0.25) is 0 Å². The molecule has 2 rings (SSSR count). The van der Waals surface area contributed by atoms with Gasteiger partial charge in [0.05, 0.1) is 11.1 Å². The number of alkyl carbamates (subject to hydrolysis) is 1. The second-order valence-electron chi connectivity index (χ2n) is 8.19. The van der Waals surface area contributed by atoms with Gasteiger partial charge < -0.3 is 15.4 Å². The fourth-order valence-electron chi connectivity index (χ4n) is 2.80. The molecule has 1 unspecified atom stereocenters. The van der Waals surface area contributed by atoms with Crippen molar-refractivity contribution in [2.24, 2.45) is 5.92 Å². The average Bonchev–Trinajstić information content (AvgIpc) is 3.36. The van der Waals surface area contributed by atoms with E-state index in [1.54, 1.807) is 27.7 Å². The van der Waals surface area contributed by atoms with Crippen LogP contribution < -0.4 is 10.6 Å². The average molecular weight is 404 g/mol. The van der Waals surface area contributed by atoms with Crippen LogP contribution in [0.1, 0.15) is 56.5 Å². The molecule has 1 aromatic rings. The lowest BCUT2D eigenvalue weighted by Crippen LogP contribution is -2.55. The van der Waals surface area contributed by atoms with Crippen molar-refractivity contribution in [2.75, 3.05) is 6.54 Å². The van der Waals surface area contributed by atoms with E-state index < -0.39 is 40.7 Å². The summed E-state index contributed by atoms with van der Waals surface area (Å²) < 4.78 is 57.2. The van der Waals surface area contributed by atoms with Gasteiger partial charge in [-0.25, -0.2) is 9.18 Å². The summed E-state index contributed by atoms with van der Waals surface area (Å²) in [6.45, 7) is 6.88. The van der Waals surface area contributed by atoms with Crippen LogP contribution in [-0.2, 0) is 10.9 Å². The molecule has 5 nitrogen and oxygen atoms in total. The maximum atomic E-state index is 13.4. The molecule has 9 heteroatoms. The predicted octanol–water partition coefficient (Wildman–Crippen LogP) is 4.27. The summed E-state index contributed by atoms with van der Waals surface area (Å²) in [6, 6.07) is 2.10. The first-order valence-electron chi connectivity index (χ1n) is 8.87. The van der Waals surface area contributed by atoms with Crippen molar-refractivity contribution < 1.29 is 31.9 Å². The van der Waals surface area contributed by atoms with Gasteiger partial charge in [-0.3, -0.25) is 4.79 Å². The smallest absolute Gasteiger partial charge is 0.419 e. The van der Waals surface area contributed by atoms with E-state index in [1.165, 1.54) is 0 Å². The topological polar surface area (TPSA) is 67.4 Å². The van der Waals surface area contributed by atoms with Gasteiger partial charge in [0.15, 0.2) is 0 Å². The van der Waals surface area contributed by atoms with E-state index in [0.717, 1.165) is 18.9 Å². The Kier molecular flexibility index (Phi) is 5.96. The highest BCUT2D eigenvalue weighted by Gasteiger charge is 2.43. The van der Waals surface area contributed by atoms with Gasteiger partial charge in [-0.05, 0) is 64.7 Å². The van der Waals surface area contributed by atoms with Gasteiger partial charge in [-0.1, -0.05) is 0 Å². The standard InChI is InChI=1S/C19H24F4N2O3/c1-17(2,3)28-16(27)24-10-18(4,12-6-7-12)25-15(26)11-5-8-14(20)13(9-11)19(21,22)23/h5,8-9,12H,6-7,10H2,1-4H3,(H,24,27)(H,25,26). The lowest BCUT2D eigenvalue weighted by molar-refractivity contribution is -0.140. The number of hydrogen-bond donors (Lipinski definition) is 2. The lowest BCUT2D eigenvalue weighted by atomic mass is 9.94. The molecule has 0 aromatic heterocycles. The van der Waals surface area contributed by atoms with Crippen LogP contribution >= 0.6 is 0 Å². The van der Waals surface area contributed by atoms with E-state index in [-0.39, 0.29) is 18.0 Å². The van der Waals surface area contributed by atoms with Crippen molar-refractivity contribution in [1.82, 2.24) is 10.6 Å². The number of ether oxygens (including phenoxy) is 1. The van der Waals surface area contributed by atoms with Crippen LogP contribution in [0.25, 0.3) is 0 Å². The summed E-state index contributed by atoms with van der Waals surface area (Å²) in [5, 5.41) is 5.28. The lowest BCUT2D eigenvalue weighted by Gasteiger charge is -2.32. The highest BCUT2D eigenvalue weighted by molar-refractivity contribution is 5.95. The quantitative estimate of drug-likeness (QED) is 0.721. The maximum Gasteiger partial charge on any atom is 0.419 e. The third kappa shape index (κ3) is 5.84. The van der Waals surface area contributed by atoms with Crippen LogP contribution in [0.4, 0.5) is 22.4 Å². The second kappa shape index (κ2) is 7.60. The van der Waals surface area contributed by atoms with E-state index in [0.29, 0.717) is 12.1 Å². The number of halogens is 4. The molecule has 0 heterocycles. The van der Waals surface area contributed by atoms with E-state index >= 15 is 0 Å². The van der Waals surface area contributed by atoms with E-state index in [9.17, 15) is 27.2 Å². The Balaban J connectivity index is 2.12. The Morgan fingerprint density at radius 3 is 2.25 bits per heavy atom. The van der Waals surface area contributed by atoms with Gasteiger partial charge in [0.2, 0.25) is 0 Å². The van der Waals surface area contributed by atoms with E-state index in [1.807, 2.05) is 0 Å². The maximum absolute atomic E-state index is 13.4. The Morgan fingerprint density at radius 1 is 1.14 bits per heavy atom. The van der Waals surface area contributed by atoms with E-state index in [4.69, 9.17) is 4.74 Å². The molecule has 2 amide bonds. The fourth-order valence-corrected chi connectivity index (χ4v) is 2.80. The van der Waals surface area contributed by atoms with Crippen LogP contribution in [0.5, 0.6) is 0 Å². The number of hydrogen-bond acceptors (Lipinski definition) is 3. The molecule has 28 heavy (non-hydrogen) atoms. The SMILES string of the molecule is CC(C)(C)OC(=O)NCC(C)(NC(=O)c1ccc(F)c(C(F)(F)F)c1)C1CC1. The van der Waals surface area contributed by atoms with Crippen molar-refractivity contribution in [1.29, 1.82) is 0 Å². The molecule has 0 spiro atoms. The second-order valence-corrected chi connectivity index (χ2v) is 8.19. The molecule has 1 saturated carbocycles. The van der Waals surface area contributed by atoms with Crippen LogP contribution in [0, 0.1) is 11.7 Å². The Labute approximate surface area is 160 Å². The van der Waals surface area contributed by atoms with Crippen LogP contribution in [0.3, 0.4) is 0 Å². The fraction of sp³-hybridized carbons (Fsp3) is 0.579. The summed E-state index contributed by atoms with van der Waals surface area (Å²) in [5.74, 6) is -2.15. The monoisotopic (exact) mass is 404 g/mol. The summed E-state index contributed by atoms with van der Waals surface area (Å²) >= 11 is 0. The first-order chi connectivity index (χ1) is 12.7. The molecule has 1 aliphatic carbocycles. The molecule has 2 N–H and O–H groups in total. The van der Waals surface area contributed by atoms with Gasteiger partial charge in [0.25, 0.3) is 5.91 Å². The zero-order valence-electron chi connectivity index (χ0n) is 16.2. The molecule has 1 aromatic carbocycles. The number of rotatable bonds is 5. The number of carbonyl (C=O) groups excluding carboxylic acids is 2. The number of nitrogens with one attached hydrogen (secondary N) is 2. The molecule has 1 aliphatic rings. The minimum absolute atomic E-state index is 0.0473. The largest absolute Gasteiger partial charge is 0.444 e. The van der Waals surface area contributed by atoms with Gasteiger partial charge in [-0.15, -0.1) is 0 Å². The Hall–Kier alpha value is -2.32. The molecule has 156 valence electrons. The van der Waals surface area contributed by atoms with Gasteiger partial charge in [-0.2, -0.15) is 13.2 Å². The number of carbonyl (C=O) groups is 2. The van der Waals surface area contributed by atoms with Crippen molar-refractivity contribution in [2.45, 2.75) is 57.9 Å².